The van der Waals surface area contributed by atoms with Gasteiger partial charge in [-0.25, -0.2) is 4.79 Å². The average molecular weight is 993 g/mol. The van der Waals surface area contributed by atoms with E-state index in [1.807, 2.05) is 0 Å². The number of ether oxygens (including phenoxy) is 6. The topological polar surface area (TPSA) is 279 Å². The van der Waals surface area contributed by atoms with Crippen molar-refractivity contribution in [2.24, 2.45) is 0 Å². The number of amides is 4. The molecule has 7 N–H and O–H groups in total. The Balaban J connectivity index is 0.000000144. The highest BCUT2D eigenvalue weighted by molar-refractivity contribution is 5.98. The minimum Gasteiger partial charge on any atom is -0.504 e. The average Bonchev–Trinajstić information content (AvgIpc) is 4.22. The number of carbonyl (C=O) groups excluding carboxylic acids is 4. The number of phenols is 4. The number of nitrogens with one attached hydrogen (secondary N) is 2. The lowest BCUT2D eigenvalue weighted by atomic mass is 10.1. The number of piperazine rings is 3. The van der Waals surface area contributed by atoms with Crippen LogP contribution < -0.4 is 39.1 Å². The molecule has 5 aromatic rings. The molecule has 6 aliphatic heterocycles. The summed E-state index contributed by atoms with van der Waals surface area (Å²) in [7, 11) is 0. The summed E-state index contributed by atoms with van der Waals surface area (Å²) < 4.78 is 31.3. The van der Waals surface area contributed by atoms with E-state index in [0.29, 0.717) is 98.0 Å². The molecule has 72 heavy (non-hydrogen) atoms. The maximum Gasteiger partial charge on any atom is 0.335 e. The van der Waals surface area contributed by atoms with Gasteiger partial charge in [0, 0.05) is 101 Å². The predicted octanol–water partition coefficient (Wildman–Crippen LogP) is 3.14. The van der Waals surface area contributed by atoms with Gasteiger partial charge in [-0.3, -0.25) is 19.2 Å². The summed E-state index contributed by atoms with van der Waals surface area (Å²) in [5.41, 5.74) is 1.82. The molecule has 0 aromatic heterocycles. The zero-order valence-electron chi connectivity index (χ0n) is 38.8. The monoisotopic (exact) mass is 992 g/mol. The molecule has 0 saturated carbocycles. The minimum absolute atomic E-state index is 0.0755. The standard InChI is InChI=1S/C20H18N2O6.C18H18N2O6.C8H6O4.C4H10N2/c23-19(13-1-3-15-17(9-13)27-11-25-15)21-5-7-22(8-6-21)20(24)14-2-4-16-18(10-14)28-12-26-16;21-13-3-1-11(9-15(13)23)17(25)19-5-7-20(8-6-19)18(26)12-2-4-14(22)16(24)10-12;9-8(10)5-1-2-6-7(3-5)12-4-11-6;1-2-6-4-3-5-1/h1-4,9-10H,5-8,11-12H2;1-4,9-10,21-24H,5-8H2;1-3H,4H2,(H,9,10);5-6H,1-4H2. The summed E-state index contributed by atoms with van der Waals surface area (Å²) in [6.45, 7) is 8.24. The van der Waals surface area contributed by atoms with Crippen molar-refractivity contribution in [2.45, 2.75) is 0 Å². The number of hydrogen-bond acceptors (Lipinski definition) is 17. The Labute approximate surface area is 412 Å². The Kier molecular flexibility index (Phi) is 15.8. The lowest BCUT2D eigenvalue weighted by molar-refractivity contribution is 0.0535. The van der Waals surface area contributed by atoms with Crippen molar-refractivity contribution in [1.82, 2.24) is 30.2 Å². The summed E-state index contributed by atoms with van der Waals surface area (Å²) in [6, 6.07) is 22.6. The number of rotatable bonds is 5. The van der Waals surface area contributed by atoms with Gasteiger partial charge in [-0.05, 0) is 91.0 Å². The third-order valence-electron chi connectivity index (χ3n) is 12.0. The van der Waals surface area contributed by atoms with Crippen LogP contribution in [0.4, 0.5) is 0 Å². The van der Waals surface area contributed by atoms with Crippen LogP contribution in [0.15, 0.2) is 91.0 Å². The van der Waals surface area contributed by atoms with Crippen LogP contribution in [-0.4, -0.2) is 174 Å². The number of carboxylic acid groups (broad SMARTS) is 1. The number of nitrogens with zero attached hydrogens (tertiary/aromatic N) is 4. The second-order valence-electron chi connectivity index (χ2n) is 16.6. The maximum absolute atomic E-state index is 12.8. The normalized spacial score (nSPS) is 15.9. The highest BCUT2D eigenvalue weighted by Gasteiger charge is 2.29. The van der Waals surface area contributed by atoms with E-state index in [9.17, 15) is 44.4 Å². The van der Waals surface area contributed by atoms with Crippen molar-refractivity contribution in [3.63, 3.8) is 0 Å². The second kappa shape index (κ2) is 22.9. The minimum atomic E-state index is -0.965. The number of aromatic carboxylic acids is 1. The number of carbonyl (C=O) groups is 5. The molecule has 0 unspecified atom stereocenters. The van der Waals surface area contributed by atoms with Crippen LogP contribution in [0.5, 0.6) is 57.5 Å². The van der Waals surface area contributed by atoms with E-state index in [0.717, 1.165) is 26.2 Å². The second-order valence-corrected chi connectivity index (χ2v) is 16.6. The number of phenolic OH excluding ortho intramolecular Hbond substituents is 4. The van der Waals surface area contributed by atoms with E-state index < -0.39 is 5.97 Å². The largest absolute Gasteiger partial charge is 0.504 e. The number of carboxylic acids is 1. The molecule has 3 saturated heterocycles. The molecule has 3 fully saturated rings. The summed E-state index contributed by atoms with van der Waals surface area (Å²) in [5, 5.41) is 52.7. The Bertz CT molecular complexity index is 2650. The molecule has 4 amide bonds. The molecule has 22 heteroatoms. The molecule has 6 aliphatic rings. The van der Waals surface area contributed by atoms with Crippen LogP contribution >= 0.6 is 0 Å². The van der Waals surface area contributed by atoms with Gasteiger partial charge in [0.1, 0.15) is 0 Å². The zero-order valence-corrected chi connectivity index (χ0v) is 38.8. The van der Waals surface area contributed by atoms with E-state index in [-0.39, 0.29) is 83.7 Å². The number of aromatic hydroxyl groups is 4. The fourth-order valence-electron chi connectivity index (χ4n) is 7.96. The molecule has 11 rings (SSSR count). The highest BCUT2D eigenvalue weighted by Crippen LogP contribution is 2.35. The molecule has 5 aromatic carbocycles. The van der Waals surface area contributed by atoms with Gasteiger partial charge in [-0.1, -0.05) is 0 Å². The number of fused-ring (bicyclic) bond motifs is 3. The van der Waals surface area contributed by atoms with Crippen molar-refractivity contribution in [3.05, 3.63) is 119 Å². The van der Waals surface area contributed by atoms with E-state index >= 15 is 0 Å². The third-order valence-corrected chi connectivity index (χ3v) is 12.0. The van der Waals surface area contributed by atoms with Crippen LogP contribution in [0.25, 0.3) is 0 Å². The SMILES string of the molecule is C1CNCCN1.O=C(O)c1ccc2c(c1)OCO2.O=C(c1ccc(O)c(O)c1)N1CCN(C(=O)c2ccc(O)c(O)c2)CC1.O=C(c1ccc2c(c1)OCO2)N1CCN(C(=O)c2ccc3c(c2)OCO3)CC1. The lowest BCUT2D eigenvalue weighted by Gasteiger charge is -2.35. The fourth-order valence-corrected chi connectivity index (χ4v) is 7.96. The van der Waals surface area contributed by atoms with Gasteiger partial charge in [-0.15, -0.1) is 0 Å². The number of benzene rings is 5. The molecule has 378 valence electrons. The lowest BCUT2D eigenvalue weighted by Crippen LogP contribution is -2.50. The van der Waals surface area contributed by atoms with Crippen LogP contribution in [0.1, 0.15) is 51.8 Å². The Morgan fingerprint density at radius 1 is 0.347 bits per heavy atom. The quantitative estimate of drug-likeness (QED) is 0.125. The first-order valence-corrected chi connectivity index (χ1v) is 22.9. The summed E-state index contributed by atoms with van der Waals surface area (Å²) in [5.74, 6) is 0.530. The van der Waals surface area contributed by atoms with Crippen LogP contribution in [-0.2, 0) is 0 Å². The molecule has 0 spiro atoms. The molecule has 0 aliphatic carbocycles. The van der Waals surface area contributed by atoms with E-state index in [1.165, 1.54) is 48.5 Å². The molecule has 0 radical (unpaired) electrons. The molecule has 6 heterocycles. The van der Waals surface area contributed by atoms with Crippen molar-refractivity contribution in [1.29, 1.82) is 0 Å². The first-order valence-electron chi connectivity index (χ1n) is 22.9. The van der Waals surface area contributed by atoms with Gasteiger partial charge >= 0.3 is 5.97 Å². The van der Waals surface area contributed by atoms with Crippen molar-refractivity contribution >= 4 is 29.6 Å². The molecular weight excluding hydrogens is 941 g/mol. The van der Waals surface area contributed by atoms with Crippen molar-refractivity contribution in [3.8, 4) is 57.5 Å². The van der Waals surface area contributed by atoms with Crippen LogP contribution in [0.3, 0.4) is 0 Å². The Morgan fingerprint density at radius 3 is 0.903 bits per heavy atom. The molecule has 0 atom stereocenters. The van der Waals surface area contributed by atoms with Gasteiger partial charge in [0.15, 0.2) is 57.5 Å². The first-order chi connectivity index (χ1) is 34.8. The number of hydrogen-bond donors (Lipinski definition) is 7. The van der Waals surface area contributed by atoms with Gasteiger partial charge in [0.25, 0.3) is 23.6 Å². The van der Waals surface area contributed by atoms with Crippen LogP contribution in [0.2, 0.25) is 0 Å². The maximum atomic E-state index is 12.8. The molecular formula is C50H52N6O16. The fraction of sp³-hybridized carbons (Fsp3) is 0.300. The van der Waals surface area contributed by atoms with Crippen molar-refractivity contribution < 1.29 is 77.9 Å². The van der Waals surface area contributed by atoms with Gasteiger partial charge in [0.05, 0.1) is 5.56 Å². The Hall–Kier alpha value is -8.63. The molecule has 0 bridgehead atoms. The van der Waals surface area contributed by atoms with Gasteiger partial charge in [-0.2, -0.15) is 0 Å². The van der Waals surface area contributed by atoms with Gasteiger partial charge in [0.2, 0.25) is 20.4 Å². The summed E-state index contributed by atoms with van der Waals surface area (Å²) >= 11 is 0. The van der Waals surface area contributed by atoms with Crippen LogP contribution in [0, 0.1) is 0 Å². The summed E-state index contributed by atoms with van der Waals surface area (Å²) in [4.78, 5) is 67.6. The first kappa shape index (κ1) is 49.8. The van der Waals surface area contributed by atoms with E-state index in [2.05, 4.69) is 10.6 Å². The van der Waals surface area contributed by atoms with Crippen molar-refractivity contribution in [2.75, 3.05) is 98.9 Å². The highest BCUT2D eigenvalue weighted by atomic mass is 16.7. The van der Waals surface area contributed by atoms with E-state index in [4.69, 9.17) is 33.5 Å². The predicted molar refractivity (Wildman–Crippen MR) is 254 cm³/mol. The third kappa shape index (κ3) is 12.0. The zero-order chi connectivity index (χ0) is 50.7. The van der Waals surface area contributed by atoms with Gasteiger partial charge < -0.3 is 84.2 Å². The summed E-state index contributed by atoms with van der Waals surface area (Å²) in [6.07, 6.45) is 0. The smallest absolute Gasteiger partial charge is 0.335 e. The van der Waals surface area contributed by atoms with E-state index in [1.54, 1.807) is 62.1 Å². The Morgan fingerprint density at radius 2 is 0.611 bits per heavy atom. The molecule has 22 nitrogen and oxygen atoms in total.